The summed E-state index contributed by atoms with van der Waals surface area (Å²) in [6, 6.07) is 6.31. The Morgan fingerprint density at radius 2 is 1.95 bits per heavy atom. The van der Waals surface area contributed by atoms with Gasteiger partial charge in [-0.15, -0.1) is 11.3 Å². The quantitative estimate of drug-likeness (QED) is 0.759. The van der Waals surface area contributed by atoms with Crippen molar-refractivity contribution in [1.29, 1.82) is 0 Å². The van der Waals surface area contributed by atoms with Gasteiger partial charge in [0.1, 0.15) is 10.8 Å². The molecule has 0 atom stereocenters. The second-order valence-corrected chi connectivity index (χ2v) is 6.13. The van der Waals surface area contributed by atoms with Gasteiger partial charge in [0, 0.05) is 35.1 Å². The molecule has 0 bridgehead atoms. The lowest BCUT2D eigenvalue weighted by Crippen LogP contribution is -2.14. The van der Waals surface area contributed by atoms with Crippen molar-refractivity contribution in [2.75, 3.05) is 0 Å². The lowest BCUT2D eigenvalue weighted by atomic mass is 10.2. The molecule has 1 aromatic carbocycles. The largest absolute Gasteiger partial charge is 0.315 e. The summed E-state index contributed by atoms with van der Waals surface area (Å²) in [5, 5.41) is 7.88. The van der Waals surface area contributed by atoms with E-state index in [2.05, 4.69) is 15.3 Å². The molecule has 2 N–H and O–H groups in total. The Hall–Kier alpha value is -1.83. The van der Waals surface area contributed by atoms with Gasteiger partial charge in [-0.05, 0) is 24.3 Å². The molecule has 0 radical (unpaired) electrons. The summed E-state index contributed by atoms with van der Waals surface area (Å²) >= 11 is 2.69. The van der Waals surface area contributed by atoms with Crippen molar-refractivity contribution in [3.05, 3.63) is 61.9 Å². The van der Waals surface area contributed by atoms with E-state index in [0.29, 0.717) is 13.1 Å². The van der Waals surface area contributed by atoms with E-state index in [0.717, 1.165) is 33.3 Å². The normalized spacial score (nSPS) is 10.9. The van der Waals surface area contributed by atoms with Crippen molar-refractivity contribution in [1.82, 2.24) is 15.3 Å². The predicted molar refractivity (Wildman–Crippen MR) is 83.0 cm³/mol. The molecule has 0 spiro atoms. The van der Waals surface area contributed by atoms with E-state index in [4.69, 9.17) is 0 Å². The number of aromatic amines is 1. The molecule has 2 aromatic heterocycles. The number of rotatable bonds is 5. The first kappa shape index (κ1) is 14.1. The van der Waals surface area contributed by atoms with E-state index in [1.165, 1.54) is 23.5 Å². The summed E-state index contributed by atoms with van der Waals surface area (Å²) in [5.41, 5.74) is 2.71. The SMILES string of the molecule is O=c1[nH]c(CNCc2csc(-c3ccc(F)cc3)n2)cs1. The molecule has 3 rings (SSSR count). The molecule has 0 amide bonds. The van der Waals surface area contributed by atoms with E-state index in [1.807, 2.05) is 5.38 Å². The van der Waals surface area contributed by atoms with Gasteiger partial charge >= 0.3 is 4.87 Å². The molecule has 21 heavy (non-hydrogen) atoms. The van der Waals surface area contributed by atoms with Gasteiger partial charge in [0.05, 0.1) is 5.69 Å². The lowest BCUT2D eigenvalue weighted by Gasteiger charge is -2.00. The van der Waals surface area contributed by atoms with Gasteiger partial charge in [-0.2, -0.15) is 0 Å². The number of hydrogen-bond donors (Lipinski definition) is 2. The van der Waals surface area contributed by atoms with Gasteiger partial charge in [0.25, 0.3) is 0 Å². The van der Waals surface area contributed by atoms with Gasteiger partial charge < -0.3 is 10.3 Å². The van der Waals surface area contributed by atoms with Crippen LogP contribution in [0.4, 0.5) is 4.39 Å². The molecule has 3 aromatic rings. The Morgan fingerprint density at radius 1 is 1.14 bits per heavy atom. The maximum Gasteiger partial charge on any atom is 0.304 e. The number of thiazole rings is 2. The van der Waals surface area contributed by atoms with Gasteiger partial charge in [0.2, 0.25) is 0 Å². The summed E-state index contributed by atoms with van der Waals surface area (Å²) in [6.07, 6.45) is 0. The standard InChI is InChI=1S/C14H12FN3OS2/c15-10-3-1-9(2-4-10)13-17-11(7-20-13)5-16-6-12-8-21-14(19)18-12/h1-4,7-8,16H,5-6H2,(H,18,19). The van der Waals surface area contributed by atoms with Crippen LogP contribution in [0.15, 0.2) is 39.8 Å². The highest BCUT2D eigenvalue weighted by Gasteiger charge is 2.05. The van der Waals surface area contributed by atoms with E-state index in [-0.39, 0.29) is 10.7 Å². The molecule has 2 heterocycles. The number of hydrogen-bond acceptors (Lipinski definition) is 5. The molecular weight excluding hydrogens is 309 g/mol. The third-order valence-corrected chi connectivity index (χ3v) is 4.49. The Balaban J connectivity index is 1.60. The van der Waals surface area contributed by atoms with Gasteiger partial charge in [0.15, 0.2) is 0 Å². The molecule has 0 saturated carbocycles. The summed E-state index contributed by atoms with van der Waals surface area (Å²) in [6.45, 7) is 1.22. The number of nitrogens with zero attached hydrogens (tertiary/aromatic N) is 1. The van der Waals surface area contributed by atoms with Gasteiger partial charge in [-0.3, -0.25) is 4.79 Å². The molecule has 108 valence electrons. The van der Waals surface area contributed by atoms with E-state index >= 15 is 0 Å². The molecule has 0 aliphatic carbocycles. The Kier molecular flexibility index (Phi) is 4.23. The summed E-state index contributed by atoms with van der Waals surface area (Å²) in [7, 11) is 0. The van der Waals surface area contributed by atoms with E-state index in [1.54, 1.807) is 17.5 Å². The van der Waals surface area contributed by atoms with Gasteiger partial charge in [-0.1, -0.05) is 11.3 Å². The average Bonchev–Trinajstić information content (AvgIpc) is 3.09. The zero-order valence-electron chi connectivity index (χ0n) is 10.9. The minimum Gasteiger partial charge on any atom is -0.315 e. The molecule has 0 aliphatic heterocycles. The number of H-pyrrole nitrogens is 1. The summed E-state index contributed by atoms with van der Waals surface area (Å²) in [4.78, 5) is 18.2. The number of nitrogens with one attached hydrogen (secondary N) is 2. The smallest absolute Gasteiger partial charge is 0.304 e. The van der Waals surface area contributed by atoms with Crippen LogP contribution in [0.3, 0.4) is 0 Å². The predicted octanol–water partition coefficient (Wildman–Crippen LogP) is 2.99. The van der Waals surface area contributed by atoms with Crippen LogP contribution in [-0.2, 0) is 13.1 Å². The molecule has 7 heteroatoms. The van der Waals surface area contributed by atoms with Crippen molar-refractivity contribution in [2.24, 2.45) is 0 Å². The zero-order valence-corrected chi connectivity index (χ0v) is 12.6. The fourth-order valence-electron chi connectivity index (χ4n) is 1.84. The van der Waals surface area contributed by atoms with Crippen LogP contribution in [0, 0.1) is 5.82 Å². The zero-order chi connectivity index (χ0) is 14.7. The first-order chi connectivity index (χ1) is 10.2. The first-order valence-electron chi connectivity index (χ1n) is 6.28. The third kappa shape index (κ3) is 3.63. The van der Waals surface area contributed by atoms with E-state index < -0.39 is 0 Å². The minimum absolute atomic E-state index is 0.0425. The second kappa shape index (κ2) is 6.30. The molecule has 4 nitrogen and oxygen atoms in total. The van der Waals surface area contributed by atoms with Crippen LogP contribution in [0.2, 0.25) is 0 Å². The minimum atomic E-state index is -0.248. The van der Waals surface area contributed by atoms with Crippen molar-refractivity contribution < 1.29 is 4.39 Å². The highest BCUT2D eigenvalue weighted by Crippen LogP contribution is 2.23. The van der Waals surface area contributed by atoms with Crippen molar-refractivity contribution in [3.8, 4) is 10.6 Å². The second-order valence-electron chi connectivity index (χ2n) is 4.43. The maximum absolute atomic E-state index is 12.9. The average molecular weight is 321 g/mol. The molecule has 0 aliphatic rings. The van der Waals surface area contributed by atoms with Crippen LogP contribution in [-0.4, -0.2) is 9.97 Å². The van der Waals surface area contributed by atoms with E-state index in [9.17, 15) is 9.18 Å². The van der Waals surface area contributed by atoms with Crippen LogP contribution in [0.1, 0.15) is 11.4 Å². The molecular formula is C14H12FN3OS2. The molecule has 0 saturated heterocycles. The monoisotopic (exact) mass is 321 g/mol. The van der Waals surface area contributed by atoms with Gasteiger partial charge in [-0.25, -0.2) is 9.37 Å². The third-order valence-electron chi connectivity index (χ3n) is 2.84. The molecule has 0 unspecified atom stereocenters. The fraction of sp³-hybridized carbons (Fsp3) is 0.143. The Labute approximate surface area is 128 Å². The fourth-order valence-corrected chi connectivity index (χ4v) is 3.25. The van der Waals surface area contributed by atoms with Crippen LogP contribution < -0.4 is 10.2 Å². The van der Waals surface area contributed by atoms with Crippen molar-refractivity contribution >= 4 is 22.7 Å². The Bertz CT molecular complexity index is 776. The lowest BCUT2D eigenvalue weighted by molar-refractivity contribution is 0.628. The number of aromatic nitrogens is 2. The van der Waals surface area contributed by atoms with Crippen LogP contribution in [0.25, 0.3) is 10.6 Å². The van der Waals surface area contributed by atoms with Crippen LogP contribution in [0.5, 0.6) is 0 Å². The maximum atomic E-state index is 12.9. The van der Waals surface area contributed by atoms with Crippen molar-refractivity contribution in [3.63, 3.8) is 0 Å². The van der Waals surface area contributed by atoms with Crippen molar-refractivity contribution in [2.45, 2.75) is 13.1 Å². The summed E-state index contributed by atoms with van der Waals surface area (Å²) < 4.78 is 12.9. The molecule has 0 fully saturated rings. The first-order valence-corrected chi connectivity index (χ1v) is 8.04. The number of benzene rings is 1. The Morgan fingerprint density at radius 3 is 2.67 bits per heavy atom. The van der Waals surface area contributed by atoms with Crippen LogP contribution >= 0.6 is 22.7 Å². The number of halogens is 1. The summed E-state index contributed by atoms with van der Waals surface area (Å²) in [5.74, 6) is -0.248. The highest BCUT2D eigenvalue weighted by atomic mass is 32.1. The topological polar surface area (TPSA) is 57.8 Å². The highest BCUT2D eigenvalue weighted by molar-refractivity contribution is 7.13.